The Balaban J connectivity index is 1.88. The van der Waals surface area contributed by atoms with Crippen LogP contribution in [0.25, 0.3) is 5.57 Å². The van der Waals surface area contributed by atoms with Crippen LogP contribution in [-0.4, -0.2) is 35.1 Å². The number of ketones is 1. The number of aromatic nitrogens is 1. The lowest BCUT2D eigenvalue weighted by Crippen LogP contribution is -2.13. The summed E-state index contributed by atoms with van der Waals surface area (Å²) in [5.74, 6) is 1.27. The summed E-state index contributed by atoms with van der Waals surface area (Å²) in [6.07, 6.45) is 11.4. The van der Waals surface area contributed by atoms with Crippen LogP contribution in [0.2, 0.25) is 0 Å². The van der Waals surface area contributed by atoms with Crippen molar-refractivity contribution in [2.75, 3.05) is 0 Å². The molecule has 1 fully saturated rings. The van der Waals surface area contributed by atoms with Gasteiger partial charge in [0.25, 0.3) is 0 Å². The zero-order valence-electron chi connectivity index (χ0n) is 16.4. The lowest BCUT2D eigenvalue weighted by Gasteiger charge is -2.21. The highest BCUT2D eigenvalue weighted by Gasteiger charge is 2.29. The first-order valence-corrected chi connectivity index (χ1v) is 10.9. The summed E-state index contributed by atoms with van der Waals surface area (Å²) in [7, 11) is 0. The predicted octanol–water partition coefficient (Wildman–Crippen LogP) is 5.80. The molecule has 1 saturated carbocycles. The van der Waals surface area contributed by atoms with E-state index in [0.29, 0.717) is 12.3 Å². The zero-order valence-corrected chi connectivity index (χ0v) is 17.9. The van der Waals surface area contributed by atoms with E-state index in [-0.39, 0.29) is 17.2 Å². The van der Waals surface area contributed by atoms with Gasteiger partial charge in [-0.3, -0.25) is 14.8 Å². The number of aliphatic imine (C=N–C) groups is 2. The highest BCUT2D eigenvalue weighted by molar-refractivity contribution is 7.99. The van der Waals surface area contributed by atoms with Crippen LogP contribution in [0.15, 0.2) is 36.7 Å². The van der Waals surface area contributed by atoms with Crippen molar-refractivity contribution < 1.29 is 9.21 Å². The molecule has 0 spiro atoms. The zero-order chi connectivity index (χ0) is 20.1. The Bertz CT molecular complexity index is 820. The molecule has 7 heteroatoms. The Morgan fingerprint density at radius 1 is 1.46 bits per heavy atom. The van der Waals surface area contributed by atoms with Gasteiger partial charge in [-0.25, -0.2) is 4.98 Å². The minimum atomic E-state index is -0.276. The van der Waals surface area contributed by atoms with Crippen LogP contribution >= 0.6 is 23.4 Å². The van der Waals surface area contributed by atoms with Crippen LogP contribution < -0.4 is 0 Å². The Hall–Kier alpha value is -1.66. The molecule has 0 aromatic carbocycles. The minimum absolute atomic E-state index is 0.0926. The van der Waals surface area contributed by atoms with Crippen molar-refractivity contribution >= 4 is 47.7 Å². The number of rotatable bonds is 8. The Kier molecular flexibility index (Phi) is 7.30. The predicted molar refractivity (Wildman–Crippen MR) is 117 cm³/mol. The summed E-state index contributed by atoms with van der Waals surface area (Å²) in [4.78, 5) is 25.2. The quantitative estimate of drug-likeness (QED) is 0.394. The van der Waals surface area contributed by atoms with Gasteiger partial charge in [-0.15, -0.1) is 0 Å². The van der Waals surface area contributed by atoms with Crippen molar-refractivity contribution in [3.63, 3.8) is 0 Å². The molecule has 2 unspecified atom stereocenters. The van der Waals surface area contributed by atoms with Gasteiger partial charge in [-0.05, 0) is 52.7 Å². The molecule has 1 aromatic rings. The van der Waals surface area contributed by atoms with Crippen LogP contribution in [0.3, 0.4) is 0 Å². The third-order valence-electron chi connectivity index (χ3n) is 5.06. The van der Waals surface area contributed by atoms with E-state index in [0.717, 1.165) is 53.0 Å². The lowest BCUT2D eigenvalue weighted by molar-refractivity contribution is -0.118. The van der Waals surface area contributed by atoms with Crippen LogP contribution in [0.1, 0.15) is 69.9 Å². The number of allylic oxidation sites excluding steroid dienone is 3. The van der Waals surface area contributed by atoms with E-state index in [9.17, 15) is 4.79 Å². The van der Waals surface area contributed by atoms with Crippen LogP contribution in [0.4, 0.5) is 0 Å². The summed E-state index contributed by atoms with van der Waals surface area (Å²) < 4.78 is 6.17. The first-order chi connectivity index (χ1) is 13.5. The normalized spacial score (nSPS) is 21.6. The van der Waals surface area contributed by atoms with E-state index < -0.39 is 0 Å². The van der Waals surface area contributed by atoms with E-state index in [1.54, 1.807) is 13.1 Å². The second-order valence-electron chi connectivity index (χ2n) is 7.24. The maximum absolute atomic E-state index is 11.7. The fourth-order valence-electron chi connectivity index (χ4n) is 3.12. The van der Waals surface area contributed by atoms with Crippen LogP contribution in [0, 0.1) is 0 Å². The van der Waals surface area contributed by atoms with Crippen LogP contribution in [-0.2, 0) is 4.79 Å². The molecule has 2 atom stereocenters. The van der Waals surface area contributed by atoms with Crippen molar-refractivity contribution in [2.24, 2.45) is 9.98 Å². The number of hydrogen-bond donors (Lipinski definition) is 0. The minimum Gasteiger partial charge on any atom is -0.433 e. The van der Waals surface area contributed by atoms with Gasteiger partial charge in [0.15, 0.2) is 16.8 Å². The molecular formula is C21H26ClN3O2S. The highest BCUT2D eigenvalue weighted by Crippen LogP contribution is 2.41. The SMILES string of the molecule is C=NC(CC=C(C)Cl)Sc1oc(C2CCC2)nc1C1=CCCC(C(C)=O)N=C1. The van der Waals surface area contributed by atoms with Crippen molar-refractivity contribution in [3.8, 4) is 0 Å². The number of carbonyl (C=O) groups excluding carboxylic acids is 1. The fourth-order valence-corrected chi connectivity index (χ4v) is 4.13. The summed E-state index contributed by atoms with van der Waals surface area (Å²) >= 11 is 7.47. The second-order valence-corrected chi connectivity index (χ2v) is 8.99. The molecular weight excluding hydrogens is 394 g/mol. The molecule has 0 saturated heterocycles. The summed E-state index contributed by atoms with van der Waals surface area (Å²) in [5, 5.41) is 1.36. The Labute approximate surface area is 175 Å². The third kappa shape index (κ3) is 5.23. The molecule has 5 nitrogen and oxygen atoms in total. The number of hydrogen-bond acceptors (Lipinski definition) is 6. The molecule has 28 heavy (non-hydrogen) atoms. The van der Waals surface area contributed by atoms with Crippen molar-refractivity contribution in [1.29, 1.82) is 0 Å². The number of oxazole rings is 1. The largest absolute Gasteiger partial charge is 0.433 e. The third-order valence-corrected chi connectivity index (χ3v) is 6.31. The maximum atomic E-state index is 11.7. The first kappa shape index (κ1) is 21.1. The molecule has 2 aliphatic rings. The summed E-state index contributed by atoms with van der Waals surface area (Å²) in [6.45, 7) is 7.14. The van der Waals surface area contributed by atoms with Crippen molar-refractivity contribution in [1.82, 2.24) is 4.98 Å². The number of thioether (sulfide) groups is 1. The van der Waals surface area contributed by atoms with Gasteiger partial charge in [-0.1, -0.05) is 41.9 Å². The topological polar surface area (TPSA) is 67.8 Å². The maximum Gasteiger partial charge on any atom is 0.199 e. The lowest BCUT2D eigenvalue weighted by atomic mass is 9.85. The summed E-state index contributed by atoms with van der Waals surface area (Å²) in [6, 6.07) is -0.276. The summed E-state index contributed by atoms with van der Waals surface area (Å²) in [5.41, 5.74) is 1.70. The average Bonchev–Trinajstić information content (AvgIpc) is 2.84. The van der Waals surface area contributed by atoms with Gasteiger partial charge in [0.1, 0.15) is 17.1 Å². The molecule has 0 bridgehead atoms. The number of Topliss-reactive ketones (excluding diaryl/α,β-unsaturated/α-hetero) is 1. The fraction of sp³-hybridized carbons (Fsp3) is 0.524. The molecule has 150 valence electrons. The van der Waals surface area contributed by atoms with Gasteiger partial charge in [-0.2, -0.15) is 0 Å². The van der Waals surface area contributed by atoms with Gasteiger partial charge < -0.3 is 4.42 Å². The van der Waals surface area contributed by atoms with Gasteiger partial charge in [0, 0.05) is 22.7 Å². The van der Waals surface area contributed by atoms with Crippen molar-refractivity contribution in [2.45, 2.75) is 74.8 Å². The van der Waals surface area contributed by atoms with E-state index >= 15 is 0 Å². The van der Waals surface area contributed by atoms with E-state index in [1.165, 1.54) is 18.2 Å². The molecule has 1 aliphatic carbocycles. The Morgan fingerprint density at radius 2 is 2.25 bits per heavy atom. The number of carbonyl (C=O) groups is 1. The number of nitrogens with zero attached hydrogens (tertiary/aromatic N) is 3. The molecule has 0 amide bonds. The highest BCUT2D eigenvalue weighted by atomic mass is 35.5. The van der Waals surface area contributed by atoms with Gasteiger partial charge in [0.05, 0.1) is 0 Å². The van der Waals surface area contributed by atoms with E-state index in [2.05, 4.69) is 22.8 Å². The number of halogens is 1. The molecule has 3 rings (SSSR count). The smallest absolute Gasteiger partial charge is 0.199 e. The van der Waals surface area contributed by atoms with Gasteiger partial charge >= 0.3 is 0 Å². The first-order valence-electron chi connectivity index (χ1n) is 9.67. The molecule has 0 radical (unpaired) electrons. The van der Waals surface area contributed by atoms with Crippen molar-refractivity contribution in [3.05, 3.63) is 28.8 Å². The molecule has 1 aromatic heterocycles. The molecule has 1 aliphatic heterocycles. The van der Waals surface area contributed by atoms with E-state index in [1.807, 2.05) is 13.0 Å². The monoisotopic (exact) mass is 419 g/mol. The van der Waals surface area contributed by atoms with Gasteiger partial charge in [0.2, 0.25) is 0 Å². The second kappa shape index (κ2) is 9.70. The van der Waals surface area contributed by atoms with Crippen LogP contribution in [0.5, 0.6) is 0 Å². The standard InChI is InChI=1S/C21H26ClN3O2S/c1-13(22)10-11-18(23-3)28-21-19(25-20(27-21)15-6-4-7-15)16-8-5-9-17(14(2)26)24-12-16/h8,10,12,15,17-18H,3-7,9,11H2,1-2H3. The van der Waals surface area contributed by atoms with E-state index in [4.69, 9.17) is 21.0 Å². The Morgan fingerprint density at radius 3 is 2.86 bits per heavy atom. The molecule has 2 heterocycles. The average molecular weight is 420 g/mol. The molecule has 0 N–H and O–H groups in total.